The van der Waals surface area contributed by atoms with Crippen LogP contribution in [0.5, 0.6) is 0 Å². The van der Waals surface area contributed by atoms with Gasteiger partial charge >= 0.3 is 19.8 Å². The molecule has 0 amide bonds. The number of phosphoric ester groups is 1. The molecule has 0 saturated heterocycles. The van der Waals surface area contributed by atoms with Crippen LogP contribution in [0.15, 0.2) is 0 Å². The summed E-state index contributed by atoms with van der Waals surface area (Å²) in [6.07, 6.45) is 44.2. The van der Waals surface area contributed by atoms with Gasteiger partial charge in [-0.2, -0.15) is 0 Å². The van der Waals surface area contributed by atoms with Gasteiger partial charge in [-0.25, -0.2) is 4.57 Å². The summed E-state index contributed by atoms with van der Waals surface area (Å²) >= 11 is 0. The van der Waals surface area contributed by atoms with Crippen LogP contribution in [0.4, 0.5) is 0 Å². The Balaban J connectivity index is 4.02. The third kappa shape index (κ3) is 42.6. The van der Waals surface area contributed by atoms with Gasteiger partial charge in [-0.1, -0.05) is 226 Å². The summed E-state index contributed by atoms with van der Waals surface area (Å²) in [6.45, 7) is 3.79. The van der Waals surface area contributed by atoms with Crippen molar-refractivity contribution in [1.29, 1.82) is 0 Å². The summed E-state index contributed by atoms with van der Waals surface area (Å²) in [5, 5.41) is 0. The summed E-state index contributed by atoms with van der Waals surface area (Å²) in [4.78, 5) is 34.9. The van der Waals surface area contributed by atoms with Gasteiger partial charge in [0.1, 0.15) is 6.61 Å². The summed E-state index contributed by atoms with van der Waals surface area (Å²) in [5.41, 5.74) is 5.36. The molecule has 0 aliphatic rings. The predicted octanol–water partition coefficient (Wildman–Crippen LogP) is 14.0. The fourth-order valence-electron chi connectivity index (χ4n) is 7.17. The van der Waals surface area contributed by atoms with E-state index in [4.69, 9.17) is 24.3 Å². The van der Waals surface area contributed by atoms with Crippen LogP contribution in [0.25, 0.3) is 0 Å². The molecular formula is C46H92NO8P. The van der Waals surface area contributed by atoms with E-state index in [1.54, 1.807) is 0 Å². The Morgan fingerprint density at radius 3 is 1.09 bits per heavy atom. The molecule has 0 aromatic carbocycles. The van der Waals surface area contributed by atoms with E-state index in [1.165, 1.54) is 186 Å². The maximum Gasteiger partial charge on any atom is 0.472 e. The number of unbranched alkanes of at least 4 members (excludes halogenated alkanes) is 33. The van der Waals surface area contributed by atoms with Gasteiger partial charge in [0.15, 0.2) is 6.10 Å². The molecule has 2 atom stereocenters. The van der Waals surface area contributed by atoms with Gasteiger partial charge < -0.3 is 20.1 Å². The molecule has 0 fully saturated rings. The van der Waals surface area contributed by atoms with E-state index in [9.17, 15) is 19.0 Å². The van der Waals surface area contributed by atoms with Crippen LogP contribution in [0, 0.1) is 0 Å². The van der Waals surface area contributed by atoms with Crippen molar-refractivity contribution in [1.82, 2.24) is 0 Å². The first-order valence-electron chi connectivity index (χ1n) is 24.0. The zero-order valence-electron chi connectivity index (χ0n) is 36.9. The van der Waals surface area contributed by atoms with Crippen molar-refractivity contribution < 1.29 is 37.6 Å². The molecule has 0 rings (SSSR count). The highest BCUT2D eigenvalue weighted by Gasteiger charge is 2.26. The van der Waals surface area contributed by atoms with Crippen LogP contribution >= 0.6 is 7.82 Å². The van der Waals surface area contributed by atoms with Gasteiger partial charge in [0.2, 0.25) is 0 Å². The summed E-state index contributed by atoms with van der Waals surface area (Å²) in [5.74, 6) is -0.809. The second-order valence-electron chi connectivity index (χ2n) is 16.3. The topological polar surface area (TPSA) is 134 Å². The van der Waals surface area contributed by atoms with Crippen LogP contribution < -0.4 is 5.73 Å². The molecule has 0 saturated carbocycles. The zero-order valence-corrected chi connectivity index (χ0v) is 37.8. The van der Waals surface area contributed by atoms with E-state index in [2.05, 4.69) is 13.8 Å². The van der Waals surface area contributed by atoms with Gasteiger partial charge in [0.25, 0.3) is 0 Å². The predicted molar refractivity (Wildman–Crippen MR) is 234 cm³/mol. The molecule has 0 aromatic heterocycles. The molecule has 0 bridgehead atoms. The van der Waals surface area contributed by atoms with E-state index in [0.29, 0.717) is 6.42 Å². The van der Waals surface area contributed by atoms with Crippen molar-refractivity contribution in [3.8, 4) is 0 Å². The standard InChI is InChI=1S/C46H92NO8P/c1-3-5-7-9-11-13-15-17-19-20-21-22-23-25-27-29-31-33-35-37-39-46(49)55-44(43-54-56(50,51)53-41-40-47)42-52-45(48)38-36-34-32-30-28-26-24-18-16-14-12-10-8-6-4-2/h44H,3-43,47H2,1-2H3,(H,50,51)/t44-/m1/s1. The number of rotatable bonds is 46. The number of phosphoric acid groups is 1. The van der Waals surface area contributed by atoms with E-state index in [-0.39, 0.29) is 38.6 Å². The summed E-state index contributed by atoms with van der Waals surface area (Å²) in [6, 6.07) is 0. The molecule has 9 nitrogen and oxygen atoms in total. The highest BCUT2D eigenvalue weighted by molar-refractivity contribution is 7.47. The number of nitrogens with two attached hydrogens (primary N) is 1. The van der Waals surface area contributed by atoms with Crippen molar-refractivity contribution in [3.63, 3.8) is 0 Å². The van der Waals surface area contributed by atoms with Crippen molar-refractivity contribution >= 4 is 19.8 Å². The van der Waals surface area contributed by atoms with Crippen molar-refractivity contribution in [2.24, 2.45) is 5.73 Å². The number of carbonyl (C=O) groups excluding carboxylic acids is 2. The Bertz CT molecular complexity index is 891. The van der Waals surface area contributed by atoms with Crippen LogP contribution in [-0.4, -0.2) is 49.3 Å². The monoisotopic (exact) mass is 818 g/mol. The first-order chi connectivity index (χ1) is 27.3. The van der Waals surface area contributed by atoms with Crippen LogP contribution in [0.1, 0.15) is 251 Å². The smallest absolute Gasteiger partial charge is 0.462 e. The normalized spacial score (nSPS) is 13.1. The maximum absolute atomic E-state index is 12.6. The lowest BCUT2D eigenvalue weighted by Crippen LogP contribution is -2.29. The molecule has 10 heteroatoms. The van der Waals surface area contributed by atoms with Gasteiger partial charge in [-0.05, 0) is 12.8 Å². The molecule has 0 radical (unpaired) electrons. The molecule has 0 aliphatic heterocycles. The van der Waals surface area contributed by atoms with Crippen molar-refractivity contribution in [3.05, 3.63) is 0 Å². The Morgan fingerprint density at radius 1 is 0.464 bits per heavy atom. The fraction of sp³-hybridized carbons (Fsp3) is 0.957. The van der Waals surface area contributed by atoms with Gasteiger partial charge in [-0.15, -0.1) is 0 Å². The first kappa shape index (κ1) is 55.0. The second kappa shape index (κ2) is 43.6. The number of ether oxygens (including phenoxy) is 2. The molecule has 0 spiro atoms. The minimum atomic E-state index is -4.37. The third-order valence-electron chi connectivity index (χ3n) is 10.7. The largest absolute Gasteiger partial charge is 0.472 e. The van der Waals surface area contributed by atoms with Gasteiger partial charge in [0, 0.05) is 19.4 Å². The average Bonchev–Trinajstić information content (AvgIpc) is 3.18. The Labute approximate surface area is 346 Å². The minimum Gasteiger partial charge on any atom is -0.462 e. The van der Waals surface area contributed by atoms with E-state index in [1.807, 2.05) is 0 Å². The molecule has 0 aromatic rings. The van der Waals surface area contributed by atoms with Crippen molar-refractivity contribution in [2.45, 2.75) is 258 Å². The average molecular weight is 818 g/mol. The first-order valence-corrected chi connectivity index (χ1v) is 25.5. The number of hydrogen-bond acceptors (Lipinski definition) is 8. The van der Waals surface area contributed by atoms with E-state index < -0.39 is 26.5 Å². The van der Waals surface area contributed by atoms with Gasteiger partial charge in [0.05, 0.1) is 13.2 Å². The van der Waals surface area contributed by atoms with Crippen molar-refractivity contribution in [2.75, 3.05) is 26.4 Å². The van der Waals surface area contributed by atoms with E-state index >= 15 is 0 Å². The maximum atomic E-state index is 12.6. The summed E-state index contributed by atoms with van der Waals surface area (Å²) in [7, 11) is -4.37. The van der Waals surface area contributed by atoms with E-state index in [0.717, 1.165) is 32.1 Å². The molecule has 1 unspecified atom stereocenters. The number of esters is 2. The van der Waals surface area contributed by atoms with Crippen LogP contribution in [0.2, 0.25) is 0 Å². The molecule has 0 heterocycles. The molecule has 3 N–H and O–H groups in total. The zero-order chi connectivity index (χ0) is 41.1. The Morgan fingerprint density at radius 2 is 0.768 bits per heavy atom. The van der Waals surface area contributed by atoms with Crippen LogP contribution in [-0.2, 0) is 32.7 Å². The second-order valence-corrected chi connectivity index (χ2v) is 17.8. The third-order valence-corrected chi connectivity index (χ3v) is 11.7. The summed E-state index contributed by atoms with van der Waals surface area (Å²) < 4.78 is 32.9. The SMILES string of the molecule is CCCCCCCCCCCCCCCCCCCCCCC(=O)O[C@H](COC(=O)CCCCCCCCCCCCCCCCC)COP(=O)(O)OCCN. The molecule has 334 valence electrons. The molecule has 0 aliphatic carbocycles. The Hall–Kier alpha value is -0.990. The fourth-order valence-corrected chi connectivity index (χ4v) is 7.93. The lowest BCUT2D eigenvalue weighted by molar-refractivity contribution is -0.161. The number of hydrogen-bond donors (Lipinski definition) is 2. The quantitative estimate of drug-likeness (QED) is 0.0350. The van der Waals surface area contributed by atoms with Gasteiger partial charge in [-0.3, -0.25) is 18.6 Å². The highest BCUT2D eigenvalue weighted by Crippen LogP contribution is 2.43. The lowest BCUT2D eigenvalue weighted by atomic mass is 10.0. The molecule has 56 heavy (non-hydrogen) atoms. The number of carbonyl (C=O) groups is 2. The lowest BCUT2D eigenvalue weighted by Gasteiger charge is -2.19. The highest BCUT2D eigenvalue weighted by atomic mass is 31.2. The Kier molecular flexibility index (Phi) is 42.8. The molecular weight excluding hydrogens is 725 g/mol. The minimum absolute atomic E-state index is 0.0583. The van der Waals surface area contributed by atoms with Crippen LogP contribution in [0.3, 0.4) is 0 Å².